The lowest BCUT2D eigenvalue weighted by atomic mass is 9.97. The first-order valence-corrected chi connectivity index (χ1v) is 7.90. The van der Waals surface area contributed by atoms with Crippen molar-refractivity contribution < 1.29 is 18.3 Å². The third-order valence-electron chi connectivity index (χ3n) is 2.69. The average Bonchev–Trinajstić information content (AvgIpc) is 2.27. The van der Waals surface area contributed by atoms with Crippen LogP contribution in [0.3, 0.4) is 0 Å². The second-order valence-electron chi connectivity index (χ2n) is 5.19. The monoisotopic (exact) mass is 287 g/mol. The molecular weight excluding hydrogens is 266 g/mol. The molecule has 2 atom stereocenters. The Kier molecular flexibility index (Phi) is 4.95. The molecule has 0 radical (unpaired) electrons. The molecule has 1 aromatic carbocycles. The highest BCUT2D eigenvalue weighted by Gasteiger charge is 2.21. The second-order valence-corrected chi connectivity index (χ2v) is 7.21. The molecule has 108 valence electrons. The fourth-order valence-electron chi connectivity index (χ4n) is 1.77. The molecule has 0 aromatic heterocycles. The largest absolute Gasteiger partial charge is 0.491 e. The normalized spacial score (nSPS) is 16.7. The molecule has 0 bridgehead atoms. The van der Waals surface area contributed by atoms with Gasteiger partial charge in [0.05, 0.1) is 17.6 Å². The summed E-state index contributed by atoms with van der Waals surface area (Å²) in [6.07, 6.45) is 1.39. The summed E-state index contributed by atoms with van der Waals surface area (Å²) in [5.74, 6) is 0.476. The maximum absolute atomic E-state index is 11.4. The summed E-state index contributed by atoms with van der Waals surface area (Å²) in [5, 5.41) is 9.10. The predicted octanol–water partition coefficient (Wildman–Crippen LogP) is 0.957. The molecule has 1 aromatic rings. The highest BCUT2D eigenvalue weighted by Crippen LogP contribution is 2.20. The van der Waals surface area contributed by atoms with Gasteiger partial charge >= 0.3 is 0 Å². The molecule has 0 fully saturated rings. The highest BCUT2D eigenvalue weighted by molar-refractivity contribution is 7.90. The minimum atomic E-state index is -3.25. The van der Waals surface area contributed by atoms with Gasteiger partial charge in [-0.3, -0.25) is 0 Å². The summed E-state index contributed by atoms with van der Waals surface area (Å²) < 4.78 is 28.5. The zero-order valence-corrected chi connectivity index (χ0v) is 12.3. The van der Waals surface area contributed by atoms with Crippen molar-refractivity contribution >= 4 is 9.84 Å². The zero-order valence-electron chi connectivity index (χ0n) is 11.5. The molecule has 3 N–H and O–H groups in total. The van der Waals surface area contributed by atoms with E-state index in [1.807, 2.05) is 6.92 Å². The third-order valence-corrected chi connectivity index (χ3v) is 3.80. The topological polar surface area (TPSA) is 89.6 Å². The van der Waals surface area contributed by atoms with Crippen LogP contribution in [0.15, 0.2) is 29.2 Å². The molecule has 0 aliphatic carbocycles. The van der Waals surface area contributed by atoms with E-state index in [1.165, 1.54) is 12.1 Å². The Morgan fingerprint density at radius 2 is 2.11 bits per heavy atom. The van der Waals surface area contributed by atoms with Gasteiger partial charge in [0, 0.05) is 18.2 Å². The van der Waals surface area contributed by atoms with E-state index in [4.69, 9.17) is 15.6 Å². The Balaban J connectivity index is 2.78. The number of sulfone groups is 1. The highest BCUT2D eigenvalue weighted by atomic mass is 32.2. The predicted molar refractivity (Wildman–Crippen MR) is 73.9 cm³/mol. The van der Waals surface area contributed by atoms with Crippen LogP contribution in [0, 0.1) is 0 Å². The van der Waals surface area contributed by atoms with Crippen LogP contribution in [0.25, 0.3) is 0 Å². The smallest absolute Gasteiger partial charge is 0.175 e. The average molecular weight is 287 g/mol. The first-order chi connectivity index (χ1) is 8.64. The Bertz CT molecular complexity index is 525. The molecule has 0 aliphatic rings. The van der Waals surface area contributed by atoms with Crippen LogP contribution in [-0.2, 0) is 9.84 Å². The second kappa shape index (κ2) is 5.90. The fourth-order valence-corrected chi connectivity index (χ4v) is 2.43. The van der Waals surface area contributed by atoms with Gasteiger partial charge in [-0.05, 0) is 32.0 Å². The summed E-state index contributed by atoms with van der Waals surface area (Å²) in [6.45, 7) is 3.43. The molecule has 5 nitrogen and oxygen atoms in total. The Labute approximate surface area is 114 Å². The number of aliphatic hydroxyl groups is 1. The van der Waals surface area contributed by atoms with Crippen molar-refractivity contribution in [3.05, 3.63) is 24.3 Å². The van der Waals surface area contributed by atoms with Crippen LogP contribution in [0.5, 0.6) is 5.75 Å². The minimum Gasteiger partial charge on any atom is -0.491 e. The van der Waals surface area contributed by atoms with Gasteiger partial charge in [0.2, 0.25) is 0 Å². The number of benzene rings is 1. The number of rotatable bonds is 6. The number of hydrogen-bond acceptors (Lipinski definition) is 5. The molecule has 0 saturated carbocycles. The molecule has 0 heterocycles. The number of ether oxygens (including phenoxy) is 1. The van der Waals surface area contributed by atoms with E-state index in [-0.39, 0.29) is 17.6 Å². The summed E-state index contributed by atoms with van der Waals surface area (Å²) in [6, 6.07) is 6.33. The van der Waals surface area contributed by atoms with Crippen molar-refractivity contribution in [2.75, 3.05) is 12.9 Å². The van der Waals surface area contributed by atoms with Crippen LogP contribution in [-0.4, -0.2) is 38.0 Å². The maximum Gasteiger partial charge on any atom is 0.175 e. The molecule has 19 heavy (non-hydrogen) atoms. The lowest BCUT2D eigenvalue weighted by Crippen LogP contribution is -2.43. The summed E-state index contributed by atoms with van der Waals surface area (Å²) in [4.78, 5) is 0.217. The number of nitrogens with two attached hydrogens (primary N) is 1. The van der Waals surface area contributed by atoms with E-state index in [1.54, 1.807) is 19.1 Å². The first kappa shape index (κ1) is 15.9. The standard InChI is InChI=1S/C13H21NO4S/c1-10(8-13(2,14)9-15)18-11-5-4-6-12(7-11)19(3,16)17/h4-7,10,15H,8-9,14H2,1-3H3. The van der Waals surface area contributed by atoms with E-state index in [0.717, 1.165) is 6.26 Å². The third kappa shape index (κ3) is 5.18. The SMILES string of the molecule is CC(CC(C)(N)CO)Oc1cccc(S(C)(=O)=O)c1. The fraction of sp³-hybridized carbons (Fsp3) is 0.538. The van der Waals surface area contributed by atoms with Crippen LogP contribution in [0.4, 0.5) is 0 Å². The lowest BCUT2D eigenvalue weighted by Gasteiger charge is -2.26. The van der Waals surface area contributed by atoms with Crippen LogP contribution in [0.2, 0.25) is 0 Å². The minimum absolute atomic E-state index is 0.135. The van der Waals surface area contributed by atoms with E-state index in [9.17, 15) is 8.42 Å². The molecule has 0 saturated heterocycles. The summed E-state index contributed by atoms with van der Waals surface area (Å²) in [7, 11) is -3.25. The molecule has 0 aliphatic heterocycles. The quantitative estimate of drug-likeness (QED) is 0.813. The van der Waals surface area contributed by atoms with Crippen LogP contribution in [0.1, 0.15) is 20.3 Å². The van der Waals surface area contributed by atoms with Gasteiger partial charge in [0.25, 0.3) is 0 Å². The Morgan fingerprint density at radius 3 is 2.63 bits per heavy atom. The molecule has 2 unspecified atom stereocenters. The van der Waals surface area contributed by atoms with Gasteiger partial charge in [-0.2, -0.15) is 0 Å². The van der Waals surface area contributed by atoms with Crippen molar-refractivity contribution in [2.24, 2.45) is 5.73 Å². The summed E-state index contributed by atoms with van der Waals surface area (Å²) in [5.41, 5.74) is 5.13. The summed E-state index contributed by atoms with van der Waals surface area (Å²) >= 11 is 0. The van der Waals surface area contributed by atoms with Crippen molar-refractivity contribution in [1.82, 2.24) is 0 Å². The maximum atomic E-state index is 11.4. The van der Waals surface area contributed by atoms with Gasteiger partial charge in [0.15, 0.2) is 9.84 Å². The van der Waals surface area contributed by atoms with Crippen molar-refractivity contribution in [2.45, 2.75) is 36.8 Å². The zero-order chi connectivity index (χ0) is 14.7. The Hall–Kier alpha value is -1.11. The number of aliphatic hydroxyl groups excluding tert-OH is 1. The van der Waals surface area contributed by atoms with Crippen LogP contribution >= 0.6 is 0 Å². The van der Waals surface area contributed by atoms with E-state index in [2.05, 4.69) is 0 Å². The van der Waals surface area contributed by atoms with Gasteiger partial charge in [0.1, 0.15) is 5.75 Å². The van der Waals surface area contributed by atoms with Crippen molar-refractivity contribution in [1.29, 1.82) is 0 Å². The van der Waals surface area contributed by atoms with Gasteiger partial charge in [-0.25, -0.2) is 8.42 Å². The van der Waals surface area contributed by atoms with Crippen molar-refractivity contribution in [3.8, 4) is 5.75 Å². The molecule has 0 amide bonds. The van der Waals surface area contributed by atoms with Crippen molar-refractivity contribution in [3.63, 3.8) is 0 Å². The number of hydrogen-bond donors (Lipinski definition) is 2. The van der Waals surface area contributed by atoms with Gasteiger partial charge < -0.3 is 15.6 Å². The van der Waals surface area contributed by atoms with E-state index in [0.29, 0.717) is 12.2 Å². The lowest BCUT2D eigenvalue weighted by molar-refractivity contribution is 0.133. The molecule has 1 rings (SSSR count). The molecular formula is C13H21NO4S. The molecule has 0 spiro atoms. The van der Waals surface area contributed by atoms with E-state index >= 15 is 0 Å². The van der Waals surface area contributed by atoms with Crippen LogP contribution < -0.4 is 10.5 Å². The van der Waals surface area contributed by atoms with E-state index < -0.39 is 15.4 Å². The van der Waals surface area contributed by atoms with Gasteiger partial charge in [-0.15, -0.1) is 0 Å². The Morgan fingerprint density at radius 1 is 1.47 bits per heavy atom. The first-order valence-electron chi connectivity index (χ1n) is 6.00. The molecule has 6 heteroatoms. The van der Waals surface area contributed by atoms with Gasteiger partial charge in [-0.1, -0.05) is 6.07 Å².